The number of nitrogens with one attached hydrogen (secondary N) is 1. The summed E-state index contributed by atoms with van der Waals surface area (Å²) in [5.74, 6) is 0. The van der Waals surface area contributed by atoms with Crippen LogP contribution >= 0.6 is 15.9 Å². The number of halogens is 1. The molecule has 0 aliphatic carbocycles. The molecule has 0 aliphatic rings. The second kappa shape index (κ2) is 7.24. The summed E-state index contributed by atoms with van der Waals surface area (Å²) in [5, 5.41) is 3.71. The van der Waals surface area contributed by atoms with Crippen molar-refractivity contribution in [3.05, 3.63) is 68.7 Å². The molecule has 1 unspecified atom stereocenters. The van der Waals surface area contributed by atoms with E-state index >= 15 is 0 Å². The van der Waals surface area contributed by atoms with Gasteiger partial charge >= 0.3 is 0 Å². The van der Waals surface area contributed by atoms with Crippen LogP contribution in [0.3, 0.4) is 0 Å². The average Bonchev–Trinajstić information content (AvgIpc) is 2.47. The van der Waals surface area contributed by atoms with Crippen LogP contribution in [0.2, 0.25) is 0 Å². The van der Waals surface area contributed by atoms with Gasteiger partial charge in [0.15, 0.2) is 0 Å². The van der Waals surface area contributed by atoms with Gasteiger partial charge in [0.1, 0.15) is 0 Å². The first-order valence-corrected chi connectivity index (χ1v) is 8.39. The van der Waals surface area contributed by atoms with E-state index in [1.807, 2.05) is 0 Å². The molecule has 0 fully saturated rings. The van der Waals surface area contributed by atoms with Crippen molar-refractivity contribution in [1.82, 2.24) is 5.32 Å². The SMILES string of the molecule is CCCNC(c1cc(C)ccc1C)c1cccc(C)c1Br. The maximum absolute atomic E-state index is 3.77. The average molecular weight is 346 g/mol. The van der Waals surface area contributed by atoms with Gasteiger partial charge in [0, 0.05) is 4.47 Å². The number of benzene rings is 2. The Kier molecular flexibility index (Phi) is 5.60. The van der Waals surface area contributed by atoms with Crippen LogP contribution in [0.25, 0.3) is 0 Å². The van der Waals surface area contributed by atoms with Gasteiger partial charge in [0.25, 0.3) is 0 Å². The molecule has 0 aliphatic heterocycles. The zero-order chi connectivity index (χ0) is 15.4. The van der Waals surface area contributed by atoms with Gasteiger partial charge in [0.2, 0.25) is 0 Å². The summed E-state index contributed by atoms with van der Waals surface area (Å²) in [4.78, 5) is 0. The minimum absolute atomic E-state index is 0.235. The summed E-state index contributed by atoms with van der Waals surface area (Å²) in [7, 11) is 0. The Morgan fingerprint density at radius 3 is 2.48 bits per heavy atom. The predicted molar refractivity (Wildman–Crippen MR) is 94.9 cm³/mol. The van der Waals surface area contributed by atoms with E-state index in [0.29, 0.717) is 0 Å². The lowest BCUT2D eigenvalue weighted by atomic mass is 9.92. The van der Waals surface area contributed by atoms with Gasteiger partial charge in [-0.25, -0.2) is 0 Å². The zero-order valence-electron chi connectivity index (χ0n) is 13.3. The van der Waals surface area contributed by atoms with Crippen molar-refractivity contribution in [1.29, 1.82) is 0 Å². The van der Waals surface area contributed by atoms with Crippen molar-refractivity contribution in [2.24, 2.45) is 0 Å². The van der Waals surface area contributed by atoms with Crippen molar-refractivity contribution in [2.45, 2.75) is 40.2 Å². The molecule has 2 aromatic carbocycles. The molecule has 0 spiro atoms. The minimum atomic E-state index is 0.235. The molecule has 0 aromatic heterocycles. The molecule has 0 amide bonds. The van der Waals surface area contributed by atoms with Gasteiger partial charge < -0.3 is 5.32 Å². The fourth-order valence-corrected chi connectivity index (χ4v) is 3.13. The molecule has 0 heterocycles. The third-order valence-electron chi connectivity index (χ3n) is 3.88. The quantitative estimate of drug-likeness (QED) is 0.758. The van der Waals surface area contributed by atoms with Crippen LogP contribution in [0.5, 0.6) is 0 Å². The first-order valence-electron chi connectivity index (χ1n) is 7.60. The molecule has 0 saturated carbocycles. The van der Waals surface area contributed by atoms with Gasteiger partial charge in [-0.15, -0.1) is 0 Å². The zero-order valence-corrected chi connectivity index (χ0v) is 14.9. The first kappa shape index (κ1) is 16.3. The molecule has 2 aromatic rings. The van der Waals surface area contributed by atoms with Crippen LogP contribution in [-0.2, 0) is 0 Å². The molecule has 1 N–H and O–H groups in total. The van der Waals surface area contributed by atoms with E-state index in [9.17, 15) is 0 Å². The normalized spacial score (nSPS) is 12.4. The molecule has 1 nitrogen and oxygen atoms in total. The molecule has 112 valence electrons. The number of aryl methyl sites for hydroxylation is 3. The van der Waals surface area contributed by atoms with Crippen LogP contribution in [0.1, 0.15) is 47.2 Å². The van der Waals surface area contributed by atoms with Crippen LogP contribution in [0, 0.1) is 20.8 Å². The van der Waals surface area contributed by atoms with Crippen molar-refractivity contribution in [2.75, 3.05) is 6.54 Å². The molecule has 2 rings (SSSR count). The fourth-order valence-electron chi connectivity index (χ4n) is 2.64. The van der Waals surface area contributed by atoms with Gasteiger partial charge in [0.05, 0.1) is 6.04 Å². The van der Waals surface area contributed by atoms with Crippen molar-refractivity contribution < 1.29 is 0 Å². The summed E-state index contributed by atoms with van der Waals surface area (Å²) >= 11 is 3.77. The molecule has 0 saturated heterocycles. The molecular formula is C19H24BrN. The second-order valence-corrected chi connectivity index (χ2v) is 6.52. The number of rotatable bonds is 5. The van der Waals surface area contributed by atoms with E-state index in [-0.39, 0.29) is 6.04 Å². The highest BCUT2D eigenvalue weighted by Crippen LogP contribution is 2.32. The Labute approximate surface area is 136 Å². The largest absolute Gasteiger partial charge is 0.306 e. The van der Waals surface area contributed by atoms with E-state index in [0.717, 1.165) is 13.0 Å². The van der Waals surface area contributed by atoms with Crippen LogP contribution in [-0.4, -0.2) is 6.54 Å². The first-order chi connectivity index (χ1) is 10.0. The second-order valence-electron chi connectivity index (χ2n) is 5.73. The lowest BCUT2D eigenvalue weighted by molar-refractivity contribution is 0.594. The lowest BCUT2D eigenvalue weighted by Crippen LogP contribution is -2.24. The standard InChI is InChI=1S/C19H24BrN/c1-5-11-21-19(16-8-6-7-15(4)18(16)20)17-12-13(2)9-10-14(17)3/h6-10,12,19,21H,5,11H2,1-4H3. The molecule has 0 radical (unpaired) electrons. The summed E-state index contributed by atoms with van der Waals surface area (Å²) in [5.41, 5.74) is 6.61. The van der Waals surface area contributed by atoms with Gasteiger partial charge in [-0.05, 0) is 56.0 Å². The highest BCUT2D eigenvalue weighted by atomic mass is 79.9. The maximum atomic E-state index is 3.77. The van der Waals surface area contributed by atoms with E-state index in [1.54, 1.807) is 0 Å². The topological polar surface area (TPSA) is 12.0 Å². The number of hydrogen-bond donors (Lipinski definition) is 1. The Balaban J connectivity index is 2.52. The van der Waals surface area contributed by atoms with E-state index in [2.05, 4.69) is 85.3 Å². The fraction of sp³-hybridized carbons (Fsp3) is 0.368. The van der Waals surface area contributed by atoms with Crippen molar-refractivity contribution in [3.63, 3.8) is 0 Å². The highest BCUT2D eigenvalue weighted by Gasteiger charge is 2.18. The molecular weight excluding hydrogens is 322 g/mol. The van der Waals surface area contributed by atoms with Gasteiger partial charge in [-0.1, -0.05) is 64.8 Å². The predicted octanol–water partition coefficient (Wildman–Crippen LogP) is 5.46. The van der Waals surface area contributed by atoms with Crippen molar-refractivity contribution >= 4 is 15.9 Å². The molecule has 0 bridgehead atoms. The molecule has 1 atom stereocenters. The maximum Gasteiger partial charge on any atom is 0.0590 e. The monoisotopic (exact) mass is 345 g/mol. The summed E-state index contributed by atoms with van der Waals surface area (Å²) in [6.07, 6.45) is 1.13. The minimum Gasteiger partial charge on any atom is -0.306 e. The summed E-state index contributed by atoms with van der Waals surface area (Å²) < 4.78 is 1.21. The Morgan fingerprint density at radius 1 is 1.00 bits per heavy atom. The van der Waals surface area contributed by atoms with Gasteiger partial charge in [-0.2, -0.15) is 0 Å². The Hall–Kier alpha value is -1.12. The van der Waals surface area contributed by atoms with E-state index < -0.39 is 0 Å². The number of hydrogen-bond acceptors (Lipinski definition) is 1. The smallest absolute Gasteiger partial charge is 0.0590 e. The Morgan fingerprint density at radius 2 is 1.76 bits per heavy atom. The highest BCUT2D eigenvalue weighted by molar-refractivity contribution is 9.10. The van der Waals surface area contributed by atoms with Gasteiger partial charge in [-0.3, -0.25) is 0 Å². The van der Waals surface area contributed by atoms with E-state index in [4.69, 9.17) is 0 Å². The van der Waals surface area contributed by atoms with Crippen LogP contribution in [0.15, 0.2) is 40.9 Å². The Bertz CT molecular complexity index is 617. The lowest BCUT2D eigenvalue weighted by Gasteiger charge is -2.24. The van der Waals surface area contributed by atoms with Crippen LogP contribution < -0.4 is 5.32 Å². The van der Waals surface area contributed by atoms with Crippen LogP contribution in [0.4, 0.5) is 0 Å². The third-order valence-corrected chi connectivity index (χ3v) is 4.96. The molecule has 21 heavy (non-hydrogen) atoms. The van der Waals surface area contributed by atoms with E-state index in [1.165, 1.54) is 32.3 Å². The molecule has 2 heteroatoms. The van der Waals surface area contributed by atoms with Crippen molar-refractivity contribution in [3.8, 4) is 0 Å². The third kappa shape index (κ3) is 3.75. The summed E-state index contributed by atoms with van der Waals surface area (Å²) in [6, 6.07) is 13.4. The summed E-state index contributed by atoms with van der Waals surface area (Å²) in [6.45, 7) is 9.72.